The van der Waals surface area contributed by atoms with E-state index in [2.05, 4.69) is 66.7 Å². The van der Waals surface area contributed by atoms with Crippen LogP contribution in [-0.2, 0) is 14.6 Å². The fourth-order valence-electron chi connectivity index (χ4n) is 3.13. The predicted octanol–water partition coefficient (Wildman–Crippen LogP) is 5.33. The van der Waals surface area contributed by atoms with Crippen molar-refractivity contribution in [2.24, 2.45) is 0 Å². The summed E-state index contributed by atoms with van der Waals surface area (Å²) in [6.07, 6.45) is 4.24. The topological polar surface area (TPSA) is 27.7 Å². The van der Waals surface area contributed by atoms with Gasteiger partial charge in [0.05, 0.1) is 18.3 Å². The van der Waals surface area contributed by atoms with Gasteiger partial charge in [-0.15, -0.1) is 0 Å². The third-order valence-electron chi connectivity index (χ3n) is 5.74. The van der Waals surface area contributed by atoms with Gasteiger partial charge in [0, 0.05) is 5.31 Å². The number of hydrogen-bond acceptors (Lipinski definition) is 3. The van der Waals surface area contributed by atoms with Crippen molar-refractivity contribution in [2.75, 3.05) is 7.11 Å². The van der Waals surface area contributed by atoms with Crippen LogP contribution in [0.2, 0.25) is 0 Å². The first-order chi connectivity index (χ1) is 11.5. The summed E-state index contributed by atoms with van der Waals surface area (Å²) in [4.78, 5) is 0. The highest BCUT2D eigenvalue weighted by Crippen LogP contribution is 2.45. The molecule has 1 aromatic rings. The molecule has 0 bridgehead atoms. The van der Waals surface area contributed by atoms with E-state index in [1.165, 1.54) is 11.1 Å². The van der Waals surface area contributed by atoms with E-state index in [0.29, 0.717) is 0 Å². The number of rotatable bonds is 6. The second kappa shape index (κ2) is 7.16. The van der Waals surface area contributed by atoms with Gasteiger partial charge in [-0.05, 0) is 72.1 Å². The Morgan fingerprint density at radius 1 is 1.08 bits per heavy atom. The molecule has 0 amide bonds. The van der Waals surface area contributed by atoms with Gasteiger partial charge in [-0.2, -0.15) is 0 Å². The molecule has 0 saturated carbocycles. The average molecular weight is 344 g/mol. The van der Waals surface area contributed by atoms with E-state index in [9.17, 15) is 0 Å². The van der Waals surface area contributed by atoms with Crippen molar-refractivity contribution in [2.45, 2.75) is 77.8 Å². The minimum Gasteiger partial charge on any atom is -0.497 e. The summed E-state index contributed by atoms with van der Waals surface area (Å²) in [5.74, 6) is 0.865. The molecule has 0 aliphatic carbocycles. The second-order valence-corrected chi connectivity index (χ2v) is 8.55. The molecule has 1 aliphatic heterocycles. The van der Waals surface area contributed by atoms with Gasteiger partial charge >= 0.3 is 7.12 Å². The van der Waals surface area contributed by atoms with Crippen LogP contribution in [0, 0.1) is 0 Å². The molecule has 1 saturated heterocycles. The maximum Gasteiger partial charge on any atom is 0.468 e. The lowest BCUT2D eigenvalue weighted by Gasteiger charge is -2.32. The zero-order valence-electron chi connectivity index (χ0n) is 17.1. The van der Waals surface area contributed by atoms with Crippen LogP contribution in [0.25, 0.3) is 0 Å². The zero-order chi connectivity index (χ0) is 18.9. The third-order valence-corrected chi connectivity index (χ3v) is 5.74. The van der Waals surface area contributed by atoms with E-state index in [1.54, 1.807) is 7.11 Å². The van der Waals surface area contributed by atoms with Crippen LogP contribution in [0.1, 0.15) is 66.9 Å². The number of methoxy groups -OCH3 is 1. The Balaban J connectivity index is 2.36. The summed E-state index contributed by atoms with van der Waals surface area (Å²) in [5, 5.41) is -0.233. The molecule has 2 rings (SSSR count). The normalized spacial score (nSPS) is 20.9. The molecular weight excluding hydrogens is 311 g/mol. The third kappa shape index (κ3) is 4.12. The van der Waals surface area contributed by atoms with Gasteiger partial charge in [-0.1, -0.05) is 30.7 Å². The number of benzene rings is 1. The van der Waals surface area contributed by atoms with Gasteiger partial charge in [0.2, 0.25) is 0 Å². The van der Waals surface area contributed by atoms with Gasteiger partial charge in [0.25, 0.3) is 0 Å². The first-order valence-electron chi connectivity index (χ1n) is 9.15. The molecule has 0 spiro atoms. The number of hydrogen-bond donors (Lipinski definition) is 0. The molecule has 3 nitrogen and oxygen atoms in total. The molecular formula is C21H33BO3. The van der Waals surface area contributed by atoms with E-state index in [4.69, 9.17) is 14.0 Å². The first-order valence-corrected chi connectivity index (χ1v) is 9.15. The van der Waals surface area contributed by atoms with E-state index >= 15 is 0 Å². The Morgan fingerprint density at radius 3 is 2.04 bits per heavy atom. The summed E-state index contributed by atoms with van der Waals surface area (Å²) in [6, 6.07) is 8.29. The maximum atomic E-state index is 6.42. The standard InChI is InChI=1S/C21H33BO3/c1-16(2)10-9-15-21(7,17-11-13-18(23-8)14-12-17)22-24-19(3,4)20(5,6)25-22/h10-14H,9,15H2,1-8H3/t21-/m1/s1. The Kier molecular flexibility index (Phi) is 5.75. The minimum absolute atomic E-state index is 0.233. The summed E-state index contributed by atoms with van der Waals surface area (Å²) in [6.45, 7) is 15.0. The second-order valence-electron chi connectivity index (χ2n) is 8.55. The SMILES string of the molecule is COc1ccc([C@@](C)(CCC=C(C)C)B2OC(C)(C)C(C)(C)O2)cc1. The number of allylic oxidation sites excluding steroid dienone is 2. The largest absolute Gasteiger partial charge is 0.497 e. The minimum atomic E-state index is -0.331. The fraction of sp³-hybridized carbons (Fsp3) is 0.619. The van der Waals surface area contributed by atoms with Crippen LogP contribution >= 0.6 is 0 Å². The van der Waals surface area contributed by atoms with E-state index in [0.717, 1.165) is 18.6 Å². The summed E-state index contributed by atoms with van der Waals surface area (Å²) < 4.78 is 18.2. The maximum absolute atomic E-state index is 6.42. The molecule has 0 aromatic heterocycles. The van der Waals surface area contributed by atoms with Crippen molar-refractivity contribution in [1.82, 2.24) is 0 Å². The molecule has 25 heavy (non-hydrogen) atoms. The molecule has 0 radical (unpaired) electrons. The zero-order valence-corrected chi connectivity index (χ0v) is 17.1. The van der Waals surface area contributed by atoms with Crippen molar-refractivity contribution in [3.63, 3.8) is 0 Å². The van der Waals surface area contributed by atoms with Crippen LogP contribution in [0.5, 0.6) is 5.75 Å². The van der Waals surface area contributed by atoms with Crippen molar-refractivity contribution in [1.29, 1.82) is 0 Å². The van der Waals surface area contributed by atoms with Crippen molar-refractivity contribution in [3.05, 3.63) is 41.5 Å². The van der Waals surface area contributed by atoms with Crippen molar-refractivity contribution < 1.29 is 14.0 Å². The smallest absolute Gasteiger partial charge is 0.468 e. The van der Waals surface area contributed by atoms with E-state index in [-0.39, 0.29) is 23.6 Å². The van der Waals surface area contributed by atoms with Crippen molar-refractivity contribution >= 4 is 7.12 Å². The Morgan fingerprint density at radius 2 is 1.60 bits per heavy atom. The lowest BCUT2D eigenvalue weighted by Crippen LogP contribution is -2.43. The molecule has 1 heterocycles. The molecule has 1 fully saturated rings. The first kappa shape index (κ1) is 20.1. The van der Waals surface area contributed by atoms with E-state index in [1.807, 2.05) is 12.1 Å². The molecule has 0 N–H and O–H groups in total. The summed E-state index contributed by atoms with van der Waals surface area (Å²) >= 11 is 0. The van der Waals surface area contributed by atoms with Crippen LogP contribution < -0.4 is 4.74 Å². The lowest BCUT2D eigenvalue weighted by molar-refractivity contribution is 0.00578. The molecule has 4 heteroatoms. The summed E-state index contributed by atoms with van der Waals surface area (Å²) in [7, 11) is 1.41. The molecule has 1 aromatic carbocycles. The fourth-order valence-corrected chi connectivity index (χ4v) is 3.13. The highest BCUT2D eigenvalue weighted by molar-refractivity contribution is 6.49. The van der Waals surface area contributed by atoms with Crippen LogP contribution in [0.4, 0.5) is 0 Å². The van der Waals surface area contributed by atoms with E-state index < -0.39 is 0 Å². The molecule has 1 aliphatic rings. The summed E-state index contributed by atoms with van der Waals surface area (Å²) in [5.41, 5.74) is 1.89. The monoisotopic (exact) mass is 344 g/mol. The molecule has 138 valence electrons. The molecule has 1 atom stereocenters. The van der Waals surface area contributed by atoms with Gasteiger partial charge in [-0.3, -0.25) is 0 Å². The highest BCUT2D eigenvalue weighted by Gasteiger charge is 2.58. The van der Waals surface area contributed by atoms with Gasteiger partial charge < -0.3 is 14.0 Å². The molecule has 0 unspecified atom stereocenters. The Labute approximate surface area is 153 Å². The van der Waals surface area contributed by atoms with Crippen molar-refractivity contribution in [3.8, 4) is 5.75 Å². The van der Waals surface area contributed by atoms with Gasteiger partial charge in [0.15, 0.2) is 0 Å². The van der Waals surface area contributed by atoms with Crippen LogP contribution in [-0.4, -0.2) is 25.4 Å². The average Bonchev–Trinajstić information content (AvgIpc) is 2.75. The van der Waals surface area contributed by atoms with Gasteiger partial charge in [0.1, 0.15) is 5.75 Å². The Bertz CT molecular complexity index is 599. The predicted molar refractivity (Wildman–Crippen MR) is 105 cm³/mol. The lowest BCUT2D eigenvalue weighted by atomic mass is 9.53. The van der Waals surface area contributed by atoms with Gasteiger partial charge in [-0.25, -0.2) is 0 Å². The Hall–Kier alpha value is -1.26. The van der Waals surface area contributed by atoms with Crippen LogP contribution in [0.15, 0.2) is 35.9 Å². The number of ether oxygens (including phenoxy) is 1. The van der Waals surface area contributed by atoms with Crippen LogP contribution in [0.3, 0.4) is 0 Å². The highest BCUT2D eigenvalue weighted by atomic mass is 16.7. The quantitative estimate of drug-likeness (QED) is 0.516.